The van der Waals surface area contributed by atoms with Crippen molar-refractivity contribution in [2.45, 2.75) is 17.4 Å². The molecule has 5 nitrogen and oxygen atoms in total. The van der Waals surface area contributed by atoms with Gasteiger partial charge in [-0.05, 0) is 18.6 Å². The summed E-state index contributed by atoms with van der Waals surface area (Å²) in [6.45, 7) is 0. The van der Waals surface area contributed by atoms with Crippen LogP contribution in [0.25, 0.3) is 0 Å². The topological polar surface area (TPSA) is 72.5 Å². The molecule has 2 aromatic carbocycles. The van der Waals surface area contributed by atoms with Gasteiger partial charge in [0.05, 0.1) is 17.9 Å². The van der Waals surface area contributed by atoms with E-state index in [4.69, 9.17) is 0 Å². The van der Waals surface area contributed by atoms with E-state index in [1.54, 1.807) is 30.3 Å². The number of amides is 1. The molecule has 0 bridgehead atoms. The van der Waals surface area contributed by atoms with E-state index in [1.807, 2.05) is 0 Å². The molecule has 0 aliphatic rings. The number of esters is 1. The summed E-state index contributed by atoms with van der Waals surface area (Å²) < 4.78 is 57.2. The standard InChI is InChI=1S/C18H16F3NO4S/c1-26-18(24)15(7-8-27(25)12-5-3-2-4-6-12)22-17(23)16-13(20)9-11(19)10-14(16)21/h2-6,9-10,15H,7-8H2,1H3,(H,22,23)/t15-,27-/m0/s1. The number of carbonyl (C=O) groups is 2. The van der Waals surface area contributed by atoms with E-state index in [-0.39, 0.29) is 12.2 Å². The van der Waals surface area contributed by atoms with Gasteiger partial charge in [-0.2, -0.15) is 0 Å². The Kier molecular flexibility index (Phi) is 7.12. The Bertz CT molecular complexity index is 838. The van der Waals surface area contributed by atoms with Gasteiger partial charge >= 0.3 is 5.97 Å². The average molecular weight is 399 g/mol. The van der Waals surface area contributed by atoms with Crippen LogP contribution in [0.5, 0.6) is 0 Å². The summed E-state index contributed by atoms with van der Waals surface area (Å²) in [5.41, 5.74) is -1.02. The van der Waals surface area contributed by atoms with E-state index in [9.17, 15) is 27.0 Å². The van der Waals surface area contributed by atoms with Crippen molar-refractivity contribution < 1.29 is 31.7 Å². The Morgan fingerprint density at radius 2 is 1.70 bits per heavy atom. The first-order valence-electron chi connectivity index (χ1n) is 7.80. The molecule has 0 heterocycles. The normalized spacial score (nSPS) is 12.9. The van der Waals surface area contributed by atoms with E-state index in [1.165, 1.54) is 0 Å². The summed E-state index contributed by atoms with van der Waals surface area (Å²) >= 11 is 0. The fourth-order valence-corrected chi connectivity index (χ4v) is 3.44. The number of benzene rings is 2. The summed E-state index contributed by atoms with van der Waals surface area (Å²) in [5.74, 6) is -6.09. The van der Waals surface area contributed by atoms with Gasteiger partial charge in [-0.25, -0.2) is 18.0 Å². The van der Waals surface area contributed by atoms with Crippen LogP contribution in [0.15, 0.2) is 47.4 Å². The van der Waals surface area contributed by atoms with Crippen LogP contribution >= 0.6 is 0 Å². The van der Waals surface area contributed by atoms with Crippen molar-refractivity contribution in [3.63, 3.8) is 0 Å². The highest BCUT2D eigenvalue weighted by Gasteiger charge is 2.26. The molecule has 2 aromatic rings. The third-order valence-corrected chi connectivity index (χ3v) is 5.03. The van der Waals surface area contributed by atoms with E-state index >= 15 is 0 Å². The molecule has 0 radical (unpaired) electrons. The summed E-state index contributed by atoms with van der Waals surface area (Å²) in [4.78, 5) is 24.5. The Hall–Kier alpha value is -2.68. The second-order valence-electron chi connectivity index (χ2n) is 5.45. The fourth-order valence-electron chi connectivity index (χ4n) is 2.30. The molecule has 2 rings (SSSR count). The van der Waals surface area contributed by atoms with E-state index < -0.39 is 51.7 Å². The lowest BCUT2D eigenvalue weighted by Gasteiger charge is -2.17. The Morgan fingerprint density at radius 3 is 2.26 bits per heavy atom. The van der Waals surface area contributed by atoms with Gasteiger partial charge in [-0.3, -0.25) is 9.00 Å². The zero-order chi connectivity index (χ0) is 20.0. The zero-order valence-corrected chi connectivity index (χ0v) is 15.0. The van der Waals surface area contributed by atoms with Crippen LogP contribution in [0, 0.1) is 17.5 Å². The van der Waals surface area contributed by atoms with E-state index in [2.05, 4.69) is 10.1 Å². The zero-order valence-electron chi connectivity index (χ0n) is 14.2. The summed E-state index contributed by atoms with van der Waals surface area (Å²) in [6.07, 6.45) is -0.0929. The molecule has 27 heavy (non-hydrogen) atoms. The fraction of sp³-hybridized carbons (Fsp3) is 0.222. The molecular formula is C18H16F3NO4S. The lowest BCUT2D eigenvalue weighted by atomic mass is 10.1. The average Bonchev–Trinajstić information content (AvgIpc) is 2.64. The molecule has 0 aliphatic heterocycles. The first kappa shape index (κ1) is 20.6. The van der Waals surface area contributed by atoms with Crippen molar-refractivity contribution in [3.05, 3.63) is 65.5 Å². The SMILES string of the molecule is COC(=O)[C@H](CC[S@](=O)c1ccccc1)NC(=O)c1c(F)cc(F)cc1F. The first-order valence-corrected chi connectivity index (χ1v) is 9.12. The van der Waals surface area contributed by atoms with Crippen LogP contribution in [0.2, 0.25) is 0 Å². The molecule has 0 saturated heterocycles. The number of ether oxygens (including phenoxy) is 1. The number of halogens is 3. The van der Waals surface area contributed by atoms with Gasteiger partial charge in [-0.15, -0.1) is 0 Å². The minimum absolute atomic E-state index is 0.00155. The van der Waals surface area contributed by atoms with Crippen molar-refractivity contribution in [2.75, 3.05) is 12.9 Å². The van der Waals surface area contributed by atoms with Crippen LogP contribution in [0.1, 0.15) is 16.8 Å². The number of hydrogen-bond donors (Lipinski definition) is 1. The van der Waals surface area contributed by atoms with Crippen molar-refractivity contribution in [1.82, 2.24) is 5.32 Å². The van der Waals surface area contributed by atoms with Gasteiger partial charge < -0.3 is 10.1 Å². The number of rotatable bonds is 7. The Labute approximate surface area is 156 Å². The van der Waals surface area contributed by atoms with E-state index in [0.717, 1.165) is 7.11 Å². The highest BCUT2D eigenvalue weighted by Crippen LogP contribution is 2.15. The molecule has 1 amide bonds. The van der Waals surface area contributed by atoms with Gasteiger partial charge in [0.25, 0.3) is 5.91 Å². The summed E-state index contributed by atoms with van der Waals surface area (Å²) in [6, 6.07) is 7.88. The first-order chi connectivity index (χ1) is 12.8. The molecule has 0 saturated carbocycles. The largest absolute Gasteiger partial charge is 0.467 e. The maximum Gasteiger partial charge on any atom is 0.328 e. The molecular weight excluding hydrogens is 383 g/mol. The van der Waals surface area contributed by atoms with Gasteiger partial charge in [0.15, 0.2) is 0 Å². The van der Waals surface area contributed by atoms with Gasteiger partial charge in [0, 0.05) is 22.8 Å². The van der Waals surface area contributed by atoms with Crippen LogP contribution in [0.3, 0.4) is 0 Å². The van der Waals surface area contributed by atoms with Crippen molar-refractivity contribution >= 4 is 22.7 Å². The number of carbonyl (C=O) groups excluding carboxylic acids is 2. The third-order valence-electron chi connectivity index (χ3n) is 3.62. The molecule has 0 spiro atoms. The molecule has 1 N–H and O–H groups in total. The number of hydrogen-bond acceptors (Lipinski definition) is 4. The second kappa shape index (κ2) is 9.31. The highest BCUT2D eigenvalue weighted by atomic mass is 32.2. The van der Waals surface area contributed by atoms with Crippen molar-refractivity contribution in [3.8, 4) is 0 Å². The highest BCUT2D eigenvalue weighted by molar-refractivity contribution is 7.85. The van der Waals surface area contributed by atoms with Crippen molar-refractivity contribution in [1.29, 1.82) is 0 Å². The predicted molar refractivity (Wildman–Crippen MR) is 91.9 cm³/mol. The molecule has 0 fully saturated rings. The van der Waals surface area contributed by atoms with Gasteiger partial charge in [0.2, 0.25) is 0 Å². The smallest absolute Gasteiger partial charge is 0.328 e. The summed E-state index contributed by atoms with van der Waals surface area (Å²) in [7, 11) is -0.372. The number of nitrogens with one attached hydrogen (secondary N) is 1. The van der Waals surface area contributed by atoms with Crippen LogP contribution in [0.4, 0.5) is 13.2 Å². The number of methoxy groups -OCH3 is 1. The molecule has 0 aliphatic carbocycles. The van der Waals surface area contributed by atoms with Crippen LogP contribution in [-0.4, -0.2) is 35.0 Å². The Balaban J connectivity index is 2.12. The minimum Gasteiger partial charge on any atom is -0.467 e. The molecule has 9 heteroatoms. The molecule has 0 unspecified atom stereocenters. The second-order valence-corrected chi connectivity index (χ2v) is 7.02. The quantitative estimate of drug-likeness (QED) is 0.727. The molecule has 2 atom stereocenters. The van der Waals surface area contributed by atoms with Gasteiger partial charge in [0.1, 0.15) is 29.1 Å². The Morgan fingerprint density at radius 1 is 1.11 bits per heavy atom. The molecule has 144 valence electrons. The minimum atomic E-state index is -1.45. The van der Waals surface area contributed by atoms with Gasteiger partial charge in [-0.1, -0.05) is 18.2 Å². The third kappa shape index (κ3) is 5.40. The monoisotopic (exact) mass is 399 g/mol. The van der Waals surface area contributed by atoms with Crippen LogP contribution < -0.4 is 5.32 Å². The van der Waals surface area contributed by atoms with E-state index in [0.29, 0.717) is 17.0 Å². The summed E-state index contributed by atoms with van der Waals surface area (Å²) in [5, 5.41) is 2.14. The van der Waals surface area contributed by atoms with Crippen molar-refractivity contribution in [2.24, 2.45) is 0 Å². The van der Waals surface area contributed by atoms with Crippen LogP contribution in [-0.2, 0) is 20.3 Å². The maximum absolute atomic E-state index is 13.7. The lowest BCUT2D eigenvalue weighted by molar-refractivity contribution is -0.142. The predicted octanol–water partition coefficient (Wildman–Crippen LogP) is 2.57. The lowest BCUT2D eigenvalue weighted by Crippen LogP contribution is -2.43. The molecule has 0 aromatic heterocycles. The maximum atomic E-state index is 13.7.